The van der Waals surface area contributed by atoms with E-state index in [1.807, 2.05) is 24.3 Å². The van der Waals surface area contributed by atoms with E-state index in [2.05, 4.69) is 29.6 Å². The maximum atomic E-state index is 4.14. The second kappa shape index (κ2) is 6.38. The van der Waals surface area contributed by atoms with Crippen molar-refractivity contribution in [2.75, 3.05) is 12.0 Å². The summed E-state index contributed by atoms with van der Waals surface area (Å²) in [6.07, 6.45) is 5.06. The van der Waals surface area contributed by atoms with Crippen LogP contribution in [0.1, 0.15) is 39.5 Å². The molecule has 0 aliphatic carbocycles. The summed E-state index contributed by atoms with van der Waals surface area (Å²) >= 11 is 0. The zero-order valence-corrected chi connectivity index (χ0v) is 11.3. The molecule has 0 amide bonds. The molecule has 2 rings (SSSR count). The second-order valence-electron chi connectivity index (χ2n) is 4.77. The molecule has 18 heavy (non-hydrogen) atoms. The molecule has 1 unspecified atom stereocenters. The van der Waals surface area contributed by atoms with Crippen LogP contribution in [0.15, 0.2) is 24.3 Å². The Morgan fingerprint density at radius 1 is 1.28 bits per heavy atom. The molecule has 0 fully saturated rings. The predicted molar refractivity (Wildman–Crippen MR) is 75.1 cm³/mol. The standard InChI is InChI=1S/C14H22N4/c1-3-5-8-12(4-2)11-15-18-14-10-7-6-9-13(14)16-17-18/h6-7,9-10,12,15H,3-5,8,11H2,1-2H3. The van der Waals surface area contributed by atoms with Crippen LogP contribution >= 0.6 is 0 Å². The third-order valence-electron chi connectivity index (χ3n) is 3.42. The largest absolute Gasteiger partial charge is 0.308 e. The van der Waals surface area contributed by atoms with Gasteiger partial charge in [0.05, 0.1) is 0 Å². The van der Waals surface area contributed by atoms with Crippen molar-refractivity contribution in [3.05, 3.63) is 24.3 Å². The summed E-state index contributed by atoms with van der Waals surface area (Å²) < 4.78 is 0. The summed E-state index contributed by atoms with van der Waals surface area (Å²) in [5, 5.41) is 8.27. The third kappa shape index (κ3) is 3.00. The van der Waals surface area contributed by atoms with E-state index in [0.717, 1.165) is 17.6 Å². The first-order chi connectivity index (χ1) is 8.85. The van der Waals surface area contributed by atoms with Gasteiger partial charge in [-0.15, -0.1) is 5.10 Å². The maximum absolute atomic E-state index is 4.14. The number of nitrogens with one attached hydrogen (secondary N) is 1. The molecular formula is C14H22N4. The van der Waals surface area contributed by atoms with Crippen LogP contribution in [0.4, 0.5) is 0 Å². The van der Waals surface area contributed by atoms with Gasteiger partial charge < -0.3 is 5.43 Å². The number of fused-ring (bicyclic) bond motifs is 1. The summed E-state index contributed by atoms with van der Waals surface area (Å²) in [5.74, 6) is 0.716. The van der Waals surface area contributed by atoms with Crippen molar-refractivity contribution < 1.29 is 0 Å². The van der Waals surface area contributed by atoms with E-state index in [4.69, 9.17) is 0 Å². The highest BCUT2D eigenvalue weighted by Crippen LogP contribution is 2.13. The second-order valence-corrected chi connectivity index (χ2v) is 4.77. The van der Waals surface area contributed by atoms with Crippen LogP contribution < -0.4 is 5.43 Å². The smallest absolute Gasteiger partial charge is 0.115 e. The van der Waals surface area contributed by atoms with Crippen molar-refractivity contribution in [2.24, 2.45) is 5.92 Å². The van der Waals surface area contributed by atoms with Gasteiger partial charge in [-0.3, -0.25) is 0 Å². The van der Waals surface area contributed by atoms with E-state index in [1.54, 1.807) is 4.79 Å². The van der Waals surface area contributed by atoms with E-state index in [0.29, 0.717) is 5.92 Å². The summed E-state index contributed by atoms with van der Waals surface area (Å²) in [7, 11) is 0. The SMILES string of the molecule is CCCCC(CC)CNn1nnc2ccccc21. The van der Waals surface area contributed by atoms with E-state index >= 15 is 0 Å². The highest BCUT2D eigenvalue weighted by Gasteiger charge is 2.07. The van der Waals surface area contributed by atoms with Crippen molar-refractivity contribution in [2.45, 2.75) is 39.5 Å². The van der Waals surface area contributed by atoms with E-state index < -0.39 is 0 Å². The quantitative estimate of drug-likeness (QED) is 0.816. The van der Waals surface area contributed by atoms with Crippen LogP contribution in [-0.2, 0) is 0 Å². The number of para-hydroxylation sites is 1. The molecule has 0 spiro atoms. The fourth-order valence-corrected chi connectivity index (χ4v) is 2.14. The molecule has 98 valence electrons. The van der Waals surface area contributed by atoms with Gasteiger partial charge in [-0.1, -0.05) is 45.2 Å². The molecule has 4 nitrogen and oxygen atoms in total. The summed E-state index contributed by atoms with van der Waals surface area (Å²) in [4.78, 5) is 1.80. The lowest BCUT2D eigenvalue weighted by molar-refractivity contribution is 0.454. The number of benzene rings is 1. The Bertz CT molecular complexity index is 477. The molecule has 0 aliphatic rings. The lowest BCUT2D eigenvalue weighted by Gasteiger charge is -2.15. The van der Waals surface area contributed by atoms with Gasteiger partial charge in [-0.25, -0.2) is 0 Å². The Kier molecular flexibility index (Phi) is 4.56. The molecule has 0 radical (unpaired) electrons. The van der Waals surface area contributed by atoms with Crippen LogP contribution in [0.3, 0.4) is 0 Å². The van der Waals surface area contributed by atoms with Crippen molar-refractivity contribution in [3.63, 3.8) is 0 Å². The summed E-state index contributed by atoms with van der Waals surface area (Å²) in [6.45, 7) is 5.45. The van der Waals surface area contributed by atoms with Gasteiger partial charge in [0, 0.05) is 6.54 Å². The maximum Gasteiger partial charge on any atom is 0.115 e. The molecule has 0 aliphatic heterocycles. The number of rotatable bonds is 7. The normalized spacial score (nSPS) is 12.8. The Hall–Kier alpha value is -1.58. The molecular weight excluding hydrogens is 224 g/mol. The first-order valence-corrected chi connectivity index (χ1v) is 6.89. The molecule has 2 aromatic rings. The number of nitrogens with zero attached hydrogens (tertiary/aromatic N) is 3. The van der Waals surface area contributed by atoms with Crippen LogP contribution in [-0.4, -0.2) is 21.6 Å². The molecule has 0 saturated carbocycles. The zero-order valence-electron chi connectivity index (χ0n) is 11.3. The van der Waals surface area contributed by atoms with E-state index in [-0.39, 0.29) is 0 Å². The Morgan fingerprint density at radius 3 is 2.89 bits per heavy atom. The Labute approximate surface area is 108 Å². The zero-order chi connectivity index (χ0) is 12.8. The molecule has 1 heterocycles. The van der Waals surface area contributed by atoms with E-state index in [9.17, 15) is 0 Å². The lowest BCUT2D eigenvalue weighted by Crippen LogP contribution is -2.23. The van der Waals surface area contributed by atoms with Gasteiger partial charge in [0.25, 0.3) is 0 Å². The molecule has 1 atom stereocenters. The first-order valence-electron chi connectivity index (χ1n) is 6.89. The first kappa shape index (κ1) is 12.9. The van der Waals surface area contributed by atoms with Crippen molar-refractivity contribution >= 4 is 11.0 Å². The van der Waals surface area contributed by atoms with Gasteiger partial charge in [-0.05, 0) is 29.7 Å². The highest BCUT2D eigenvalue weighted by molar-refractivity contribution is 5.74. The number of aromatic nitrogens is 3. The highest BCUT2D eigenvalue weighted by atomic mass is 15.6. The van der Waals surface area contributed by atoms with Gasteiger partial charge in [0.2, 0.25) is 0 Å². The lowest BCUT2D eigenvalue weighted by atomic mass is 10.00. The van der Waals surface area contributed by atoms with E-state index in [1.165, 1.54) is 25.7 Å². The van der Waals surface area contributed by atoms with Crippen molar-refractivity contribution in [3.8, 4) is 0 Å². The molecule has 0 bridgehead atoms. The monoisotopic (exact) mass is 246 g/mol. The topological polar surface area (TPSA) is 42.7 Å². The van der Waals surface area contributed by atoms with Gasteiger partial charge in [0.1, 0.15) is 11.0 Å². The number of hydrogen-bond donors (Lipinski definition) is 1. The molecule has 1 aromatic carbocycles. The van der Waals surface area contributed by atoms with Crippen LogP contribution in [0.25, 0.3) is 11.0 Å². The number of hydrogen-bond acceptors (Lipinski definition) is 3. The molecule has 0 saturated heterocycles. The fourth-order valence-electron chi connectivity index (χ4n) is 2.14. The van der Waals surface area contributed by atoms with Crippen LogP contribution in [0.5, 0.6) is 0 Å². The van der Waals surface area contributed by atoms with Gasteiger partial charge in [-0.2, -0.15) is 4.79 Å². The number of unbranched alkanes of at least 4 members (excludes halogenated alkanes) is 1. The molecule has 1 aromatic heterocycles. The third-order valence-corrected chi connectivity index (χ3v) is 3.42. The Morgan fingerprint density at radius 2 is 2.11 bits per heavy atom. The molecule has 4 heteroatoms. The minimum absolute atomic E-state index is 0.716. The summed E-state index contributed by atoms with van der Waals surface area (Å²) in [5.41, 5.74) is 5.35. The predicted octanol–water partition coefficient (Wildman–Crippen LogP) is 3.19. The van der Waals surface area contributed by atoms with Crippen molar-refractivity contribution in [1.82, 2.24) is 15.1 Å². The Balaban J connectivity index is 1.96. The summed E-state index contributed by atoms with van der Waals surface area (Å²) in [6, 6.07) is 8.01. The fraction of sp³-hybridized carbons (Fsp3) is 0.571. The van der Waals surface area contributed by atoms with Gasteiger partial charge in [0.15, 0.2) is 0 Å². The minimum atomic E-state index is 0.716. The van der Waals surface area contributed by atoms with Crippen LogP contribution in [0, 0.1) is 5.92 Å². The minimum Gasteiger partial charge on any atom is -0.308 e. The molecule has 1 N–H and O–H groups in total. The van der Waals surface area contributed by atoms with Crippen LogP contribution in [0.2, 0.25) is 0 Å². The average molecular weight is 246 g/mol. The average Bonchev–Trinajstić information content (AvgIpc) is 2.82. The van der Waals surface area contributed by atoms with Gasteiger partial charge >= 0.3 is 0 Å². The van der Waals surface area contributed by atoms with Crippen molar-refractivity contribution in [1.29, 1.82) is 0 Å².